The number of aliphatic carboxylic acids is 2. The number of imidazole rings is 1. The fourth-order valence-corrected chi connectivity index (χ4v) is 5.31. The molecule has 5 rings (SSSR count). The summed E-state index contributed by atoms with van der Waals surface area (Å²) in [5.74, 6) is -1.91. The van der Waals surface area contributed by atoms with Crippen LogP contribution < -0.4 is 11.2 Å². The van der Waals surface area contributed by atoms with Crippen molar-refractivity contribution in [3.63, 3.8) is 0 Å². The summed E-state index contributed by atoms with van der Waals surface area (Å²) in [6.45, 7) is 6.04. The Hall–Kier alpha value is -4.45. The first kappa shape index (κ1) is 28.6. The van der Waals surface area contributed by atoms with Crippen LogP contribution in [0.2, 0.25) is 0 Å². The minimum atomic E-state index is -1.26. The van der Waals surface area contributed by atoms with Gasteiger partial charge in [0, 0.05) is 49.9 Å². The molecule has 0 atom stereocenters. The van der Waals surface area contributed by atoms with Crippen molar-refractivity contribution in [1.29, 1.82) is 0 Å². The van der Waals surface area contributed by atoms with Crippen LogP contribution in [-0.2, 0) is 30.2 Å². The van der Waals surface area contributed by atoms with Gasteiger partial charge in [0.15, 0.2) is 11.2 Å². The maximum atomic E-state index is 12.6. The Morgan fingerprint density at radius 3 is 2.38 bits per heavy atom. The third-order valence-corrected chi connectivity index (χ3v) is 7.44. The van der Waals surface area contributed by atoms with Crippen LogP contribution >= 0.6 is 0 Å². The van der Waals surface area contributed by atoms with Crippen molar-refractivity contribution >= 4 is 34.0 Å². The number of piperidine rings is 1. The van der Waals surface area contributed by atoms with Crippen LogP contribution in [0.4, 0.5) is 0 Å². The third-order valence-electron chi connectivity index (χ3n) is 7.44. The summed E-state index contributed by atoms with van der Waals surface area (Å²) in [5, 5.41) is 17.0. The average Bonchev–Trinajstić information content (AvgIpc) is 3.56. The van der Waals surface area contributed by atoms with Crippen molar-refractivity contribution in [3.05, 3.63) is 74.8 Å². The maximum Gasteiger partial charge on any atom is 0.332 e. The van der Waals surface area contributed by atoms with E-state index in [9.17, 15) is 19.2 Å². The Bertz CT molecular complexity index is 1670. The lowest BCUT2D eigenvalue weighted by Crippen LogP contribution is -2.37. The van der Waals surface area contributed by atoms with Crippen LogP contribution in [0.1, 0.15) is 36.3 Å². The Balaban J connectivity index is 0.000000406. The molecule has 1 fully saturated rings. The van der Waals surface area contributed by atoms with Crippen molar-refractivity contribution in [2.24, 2.45) is 14.1 Å². The molecule has 3 aromatic heterocycles. The highest BCUT2D eigenvalue weighted by Crippen LogP contribution is 2.34. The van der Waals surface area contributed by atoms with E-state index in [-0.39, 0.29) is 11.2 Å². The molecule has 12 heteroatoms. The Morgan fingerprint density at radius 2 is 1.73 bits per heavy atom. The molecule has 0 amide bonds. The predicted octanol–water partition coefficient (Wildman–Crippen LogP) is 2.20. The summed E-state index contributed by atoms with van der Waals surface area (Å²) in [5.41, 5.74) is 4.34. The molecule has 1 aromatic carbocycles. The number of hydrogen-bond acceptors (Lipinski definition) is 6. The monoisotopic (exact) mass is 550 g/mol. The van der Waals surface area contributed by atoms with Gasteiger partial charge in [-0.1, -0.05) is 18.2 Å². The molecule has 1 saturated heterocycles. The molecular formula is C28H34N6O6. The number of likely N-dealkylation sites (tertiary alicyclic amines) is 1. The second-order valence-corrected chi connectivity index (χ2v) is 10.0. The van der Waals surface area contributed by atoms with E-state index in [4.69, 9.17) is 10.2 Å². The summed E-state index contributed by atoms with van der Waals surface area (Å²) in [4.78, 5) is 54.1. The molecule has 212 valence electrons. The Kier molecular flexibility index (Phi) is 8.68. The minimum Gasteiger partial charge on any atom is -0.478 e. The minimum absolute atomic E-state index is 0.282. The SMILES string of the molecule is Cc1cccc2c(C3CCN(CCCn4cnc5c4c(=O)n(C)c(=O)n5C)CC3)c[nH]c12.O=C(O)/C=C/C(=O)O. The highest BCUT2D eigenvalue weighted by Gasteiger charge is 2.23. The van der Waals surface area contributed by atoms with E-state index in [2.05, 4.69) is 46.2 Å². The van der Waals surface area contributed by atoms with Gasteiger partial charge in [-0.15, -0.1) is 0 Å². The van der Waals surface area contributed by atoms with Crippen LogP contribution in [0, 0.1) is 6.92 Å². The molecule has 1 aliphatic heterocycles. The number of aromatic nitrogens is 5. The normalized spacial score (nSPS) is 14.6. The molecular weight excluding hydrogens is 516 g/mol. The van der Waals surface area contributed by atoms with Crippen molar-refractivity contribution < 1.29 is 19.8 Å². The zero-order valence-corrected chi connectivity index (χ0v) is 22.8. The van der Waals surface area contributed by atoms with Gasteiger partial charge in [0.1, 0.15) is 0 Å². The predicted molar refractivity (Wildman–Crippen MR) is 151 cm³/mol. The number of hydrogen-bond donors (Lipinski definition) is 3. The lowest BCUT2D eigenvalue weighted by atomic mass is 9.89. The summed E-state index contributed by atoms with van der Waals surface area (Å²) in [6, 6.07) is 6.54. The molecule has 0 spiro atoms. The summed E-state index contributed by atoms with van der Waals surface area (Å²) in [6.07, 6.45) is 8.26. The number of carbonyl (C=O) groups is 2. The van der Waals surface area contributed by atoms with Crippen LogP contribution in [0.25, 0.3) is 22.1 Å². The highest BCUT2D eigenvalue weighted by molar-refractivity contribution is 5.89. The largest absolute Gasteiger partial charge is 0.478 e. The smallest absolute Gasteiger partial charge is 0.332 e. The lowest BCUT2D eigenvalue weighted by Gasteiger charge is -2.32. The number of benzene rings is 1. The van der Waals surface area contributed by atoms with E-state index in [0.717, 1.165) is 43.5 Å². The van der Waals surface area contributed by atoms with Gasteiger partial charge < -0.3 is 24.7 Å². The van der Waals surface area contributed by atoms with Crippen LogP contribution in [0.5, 0.6) is 0 Å². The number of rotatable bonds is 7. The van der Waals surface area contributed by atoms with E-state index in [1.165, 1.54) is 33.6 Å². The maximum absolute atomic E-state index is 12.6. The molecule has 0 bridgehead atoms. The quantitative estimate of drug-likeness (QED) is 0.296. The zero-order valence-electron chi connectivity index (χ0n) is 22.8. The van der Waals surface area contributed by atoms with Crippen LogP contribution in [-0.4, -0.2) is 70.4 Å². The van der Waals surface area contributed by atoms with E-state index >= 15 is 0 Å². The first-order valence-corrected chi connectivity index (χ1v) is 13.1. The summed E-state index contributed by atoms with van der Waals surface area (Å²) >= 11 is 0. The van der Waals surface area contributed by atoms with E-state index < -0.39 is 11.9 Å². The van der Waals surface area contributed by atoms with E-state index in [0.29, 0.717) is 35.8 Å². The molecule has 12 nitrogen and oxygen atoms in total. The Morgan fingerprint density at radius 1 is 1.05 bits per heavy atom. The second-order valence-electron chi connectivity index (χ2n) is 10.0. The summed E-state index contributed by atoms with van der Waals surface area (Å²) in [7, 11) is 3.17. The molecule has 3 N–H and O–H groups in total. The first-order valence-electron chi connectivity index (χ1n) is 13.1. The van der Waals surface area contributed by atoms with Gasteiger partial charge in [0.25, 0.3) is 5.56 Å². The molecule has 40 heavy (non-hydrogen) atoms. The van der Waals surface area contributed by atoms with Gasteiger partial charge in [-0.25, -0.2) is 19.4 Å². The number of para-hydroxylation sites is 1. The molecule has 4 heterocycles. The van der Waals surface area contributed by atoms with Gasteiger partial charge in [-0.3, -0.25) is 13.9 Å². The number of nitrogens with zero attached hydrogens (tertiary/aromatic N) is 5. The molecule has 0 unspecified atom stereocenters. The number of aryl methyl sites for hydroxylation is 3. The first-order chi connectivity index (χ1) is 19.1. The summed E-state index contributed by atoms with van der Waals surface area (Å²) < 4.78 is 4.47. The number of fused-ring (bicyclic) bond motifs is 2. The van der Waals surface area contributed by atoms with Crippen molar-refractivity contribution in [2.45, 2.75) is 38.6 Å². The van der Waals surface area contributed by atoms with Gasteiger partial charge >= 0.3 is 17.6 Å². The number of H-pyrrole nitrogens is 1. The van der Waals surface area contributed by atoms with Gasteiger partial charge in [0.05, 0.1) is 6.33 Å². The van der Waals surface area contributed by atoms with Crippen LogP contribution in [0.15, 0.2) is 52.5 Å². The molecule has 0 radical (unpaired) electrons. The van der Waals surface area contributed by atoms with E-state index in [1.54, 1.807) is 13.4 Å². The molecule has 0 aliphatic carbocycles. The zero-order chi connectivity index (χ0) is 29.0. The fraction of sp³-hybridized carbons (Fsp3) is 0.393. The topological polar surface area (TPSA) is 155 Å². The van der Waals surface area contributed by atoms with Crippen LogP contribution in [0.3, 0.4) is 0 Å². The number of carboxylic acids is 2. The number of carboxylic acid groups (broad SMARTS) is 2. The highest BCUT2D eigenvalue weighted by atomic mass is 16.4. The molecule has 1 aliphatic rings. The average molecular weight is 551 g/mol. The second kappa shape index (κ2) is 12.2. The van der Waals surface area contributed by atoms with Crippen molar-refractivity contribution in [3.8, 4) is 0 Å². The van der Waals surface area contributed by atoms with Crippen molar-refractivity contribution in [1.82, 2.24) is 28.6 Å². The number of aromatic amines is 1. The van der Waals surface area contributed by atoms with Crippen molar-refractivity contribution in [2.75, 3.05) is 19.6 Å². The van der Waals surface area contributed by atoms with E-state index in [1.807, 2.05) is 4.57 Å². The fourth-order valence-electron chi connectivity index (χ4n) is 5.31. The Labute approximate surface area is 229 Å². The number of nitrogens with one attached hydrogen (secondary N) is 1. The molecule has 0 saturated carbocycles. The van der Waals surface area contributed by atoms with Gasteiger partial charge in [0.2, 0.25) is 0 Å². The lowest BCUT2D eigenvalue weighted by molar-refractivity contribution is -0.134. The standard InChI is InChI=1S/C24H30N6O2.C4H4O4/c1-16-6-4-7-18-19(14-25-20(16)18)17-8-12-29(13-9-17)10-5-11-30-15-26-22-21(30)23(31)28(3)24(32)27(22)2;5-3(6)1-2-4(7)8/h4,6-7,14-15,17,25H,5,8-13H2,1-3H3;1-2H,(H,5,6)(H,7,8)/b;2-1+. The third kappa shape index (κ3) is 6.07. The van der Waals surface area contributed by atoms with Gasteiger partial charge in [-0.05, 0) is 62.9 Å². The molecule has 4 aromatic rings. The van der Waals surface area contributed by atoms with Gasteiger partial charge in [-0.2, -0.15) is 0 Å².